The van der Waals surface area contributed by atoms with Crippen molar-refractivity contribution in [2.24, 2.45) is 4.99 Å². The summed E-state index contributed by atoms with van der Waals surface area (Å²) < 4.78 is 0. The molecule has 0 bridgehead atoms. The van der Waals surface area contributed by atoms with E-state index in [-0.39, 0.29) is 0 Å². The second-order valence-electron chi connectivity index (χ2n) is 5.68. The topological polar surface area (TPSA) is 28.1 Å². The lowest BCUT2D eigenvalue weighted by Crippen LogP contribution is -1.96. The SMILES string of the molecule is CC1=CC(C)=N/C1=C(/c1ccccc1)c1[nH]c(C)cc1C. The fraction of sp³-hybridized carbons (Fsp3) is 0.211. The van der Waals surface area contributed by atoms with Crippen LogP contribution in [0.1, 0.15) is 36.4 Å². The predicted octanol–water partition coefficient (Wildman–Crippen LogP) is 4.81. The van der Waals surface area contributed by atoms with Crippen molar-refractivity contribution in [1.29, 1.82) is 0 Å². The highest BCUT2D eigenvalue weighted by molar-refractivity contribution is 6.00. The number of H-pyrrole nitrogens is 1. The Labute approximate surface area is 125 Å². The molecule has 106 valence electrons. The molecule has 1 aromatic carbocycles. The molecular weight excluding hydrogens is 256 g/mol. The number of allylic oxidation sites excluding steroid dienone is 2. The van der Waals surface area contributed by atoms with Gasteiger partial charge in [0.15, 0.2) is 0 Å². The minimum Gasteiger partial charge on any atom is -0.358 e. The van der Waals surface area contributed by atoms with Gasteiger partial charge in [-0.3, -0.25) is 4.99 Å². The first-order chi connectivity index (χ1) is 10.1. The molecule has 2 heterocycles. The first kappa shape index (κ1) is 13.6. The number of aromatic nitrogens is 1. The van der Waals surface area contributed by atoms with Crippen molar-refractivity contribution in [3.63, 3.8) is 0 Å². The van der Waals surface area contributed by atoms with Crippen LogP contribution in [0, 0.1) is 13.8 Å². The summed E-state index contributed by atoms with van der Waals surface area (Å²) in [5, 5.41) is 0. The fourth-order valence-corrected chi connectivity index (χ4v) is 2.92. The summed E-state index contributed by atoms with van der Waals surface area (Å²) in [5.41, 5.74) is 9.34. The summed E-state index contributed by atoms with van der Waals surface area (Å²) in [6.07, 6.45) is 2.14. The van der Waals surface area contributed by atoms with Crippen molar-refractivity contribution in [1.82, 2.24) is 4.98 Å². The minimum atomic E-state index is 1.07. The van der Waals surface area contributed by atoms with Crippen LogP contribution in [0.25, 0.3) is 5.57 Å². The number of aromatic amines is 1. The Hall–Kier alpha value is -2.35. The molecule has 0 fully saturated rings. The lowest BCUT2D eigenvalue weighted by molar-refractivity contribution is 1.21. The normalized spacial score (nSPS) is 16.8. The third kappa shape index (κ3) is 2.49. The Balaban J connectivity index is 2.30. The zero-order valence-electron chi connectivity index (χ0n) is 13.0. The molecule has 1 N–H and O–H groups in total. The quantitative estimate of drug-likeness (QED) is 0.815. The van der Waals surface area contributed by atoms with E-state index in [4.69, 9.17) is 4.99 Å². The molecular formula is C19H20N2. The van der Waals surface area contributed by atoms with Crippen LogP contribution < -0.4 is 0 Å². The molecule has 0 saturated heterocycles. The Bertz CT molecular complexity index is 771. The average molecular weight is 276 g/mol. The highest BCUT2D eigenvalue weighted by atomic mass is 14.8. The maximum atomic E-state index is 4.76. The molecule has 3 rings (SSSR count). The van der Waals surface area contributed by atoms with Crippen molar-refractivity contribution >= 4 is 11.3 Å². The number of nitrogens with zero attached hydrogens (tertiary/aromatic N) is 1. The number of hydrogen-bond acceptors (Lipinski definition) is 1. The molecule has 0 unspecified atom stereocenters. The molecule has 0 radical (unpaired) electrons. The summed E-state index contributed by atoms with van der Waals surface area (Å²) in [4.78, 5) is 8.26. The molecule has 0 atom stereocenters. The van der Waals surface area contributed by atoms with E-state index in [1.807, 2.05) is 13.0 Å². The summed E-state index contributed by atoms with van der Waals surface area (Å²) in [7, 11) is 0. The zero-order valence-corrected chi connectivity index (χ0v) is 13.0. The van der Waals surface area contributed by atoms with E-state index in [9.17, 15) is 0 Å². The van der Waals surface area contributed by atoms with Crippen LogP contribution in [0.2, 0.25) is 0 Å². The monoisotopic (exact) mass is 276 g/mol. The summed E-state index contributed by atoms with van der Waals surface area (Å²) >= 11 is 0. The number of aliphatic imine (C=N–C) groups is 1. The van der Waals surface area contributed by atoms with E-state index in [1.54, 1.807) is 0 Å². The number of rotatable bonds is 2. The molecule has 0 saturated carbocycles. The maximum absolute atomic E-state index is 4.76. The van der Waals surface area contributed by atoms with Crippen LogP contribution in [0.15, 0.2) is 58.7 Å². The summed E-state index contributed by atoms with van der Waals surface area (Å²) in [6, 6.07) is 12.7. The Morgan fingerprint density at radius 2 is 1.71 bits per heavy atom. The molecule has 1 aromatic heterocycles. The van der Waals surface area contributed by atoms with Crippen molar-refractivity contribution in [3.05, 3.63) is 76.3 Å². The number of nitrogens with one attached hydrogen (secondary N) is 1. The predicted molar refractivity (Wildman–Crippen MR) is 89.6 cm³/mol. The van der Waals surface area contributed by atoms with Crippen LogP contribution in [0.5, 0.6) is 0 Å². The van der Waals surface area contributed by atoms with Gasteiger partial charge in [0.1, 0.15) is 0 Å². The standard InChI is InChI=1S/C19H20N2/c1-12-10-14(3)20-18(12)17(16-8-6-5-7-9-16)19-13(2)11-15(4)21-19/h5-11,20H,1-4H3/b19-17-. The van der Waals surface area contributed by atoms with Gasteiger partial charge in [-0.25, -0.2) is 0 Å². The van der Waals surface area contributed by atoms with E-state index >= 15 is 0 Å². The summed E-state index contributed by atoms with van der Waals surface area (Å²) in [6.45, 7) is 8.41. The van der Waals surface area contributed by atoms with Crippen molar-refractivity contribution in [2.75, 3.05) is 0 Å². The van der Waals surface area contributed by atoms with Crippen molar-refractivity contribution in [3.8, 4) is 0 Å². The van der Waals surface area contributed by atoms with Crippen molar-refractivity contribution in [2.45, 2.75) is 27.7 Å². The largest absolute Gasteiger partial charge is 0.358 e. The van der Waals surface area contributed by atoms with E-state index in [1.165, 1.54) is 33.7 Å². The number of benzene rings is 1. The van der Waals surface area contributed by atoms with Crippen LogP contribution in [-0.2, 0) is 0 Å². The van der Waals surface area contributed by atoms with Gasteiger partial charge in [-0.2, -0.15) is 0 Å². The Kier molecular flexibility index (Phi) is 3.38. The molecule has 21 heavy (non-hydrogen) atoms. The molecule has 2 nitrogen and oxygen atoms in total. The van der Waals surface area contributed by atoms with Gasteiger partial charge in [0.25, 0.3) is 0 Å². The molecule has 0 aliphatic carbocycles. The van der Waals surface area contributed by atoms with Crippen molar-refractivity contribution < 1.29 is 0 Å². The zero-order chi connectivity index (χ0) is 15.0. The first-order valence-electron chi connectivity index (χ1n) is 7.26. The molecule has 2 aromatic rings. The molecule has 1 aliphatic heterocycles. The Morgan fingerprint density at radius 3 is 2.24 bits per heavy atom. The van der Waals surface area contributed by atoms with Crippen LogP contribution in [0.4, 0.5) is 0 Å². The number of aryl methyl sites for hydroxylation is 2. The molecule has 0 spiro atoms. The van der Waals surface area contributed by atoms with Gasteiger partial charge >= 0.3 is 0 Å². The third-order valence-electron chi connectivity index (χ3n) is 3.79. The van der Waals surface area contributed by atoms with E-state index in [2.05, 4.69) is 62.2 Å². The Morgan fingerprint density at radius 1 is 1.00 bits per heavy atom. The molecule has 2 heteroatoms. The van der Waals surface area contributed by atoms with E-state index < -0.39 is 0 Å². The lowest BCUT2D eigenvalue weighted by atomic mass is 9.96. The van der Waals surface area contributed by atoms with Crippen LogP contribution >= 0.6 is 0 Å². The maximum Gasteiger partial charge on any atom is 0.0761 e. The van der Waals surface area contributed by atoms with Gasteiger partial charge in [-0.05, 0) is 56.5 Å². The van der Waals surface area contributed by atoms with Crippen LogP contribution in [-0.4, -0.2) is 10.7 Å². The highest BCUT2D eigenvalue weighted by Crippen LogP contribution is 2.34. The van der Waals surface area contributed by atoms with Crippen LogP contribution in [0.3, 0.4) is 0 Å². The number of hydrogen-bond donors (Lipinski definition) is 1. The second kappa shape index (κ2) is 5.21. The van der Waals surface area contributed by atoms with Gasteiger partial charge in [-0.1, -0.05) is 30.3 Å². The first-order valence-corrected chi connectivity index (χ1v) is 7.26. The lowest BCUT2D eigenvalue weighted by Gasteiger charge is -2.12. The molecule has 0 amide bonds. The highest BCUT2D eigenvalue weighted by Gasteiger charge is 2.19. The smallest absolute Gasteiger partial charge is 0.0761 e. The second-order valence-corrected chi connectivity index (χ2v) is 5.68. The molecule has 1 aliphatic rings. The third-order valence-corrected chi connectivity index (χ3v) is 3.79. The van der Waals surface area contributed by atoms with E-state index in [0.717, 1.165) is 11.4 Å². The van der Waals surface area contributed by atoms with Gasteiger partial charge in [0.2, 0.25) is 0 Å². The summed E-state index contributed by atoms with van der Waals surface area (Å²) in [5.74, 6) is 0. The van der Waals surface area contributed by atoms with Gasteiger partial charge in [0, 0.05) is 17.0 Å². The average Bonchev–Trinajstić information content (AvgIpc) is 2.94. The van der Waals surface area contributed by atoms with Gasteiger partial charge in [0.05, 0.1) is 11.4 Å². The van der Waals surface area contributed by atoms with Gasteiger partial charge < -0.3 is 4.98 Å². The van der Waals surface area contributed by atoms with Gasteiger partial charge in [-0.15, -0.1) is 0 Å². The minimum absolute atomic E-state index is 1.07. The van der Waals surface area contributed by atoms with E-state index in [0.29, 0.717) is 0 Å². The fourth-order valence-electron chi connectivity index (χ4n) is 2.92.